The molecule has 4 aliphatic rings. The third kappa shape index (κ3) is 3.61. The van der Waals surface area contributed by atoms with Gasteiger partial charge in [-0.05, 0) is 87.4 Å². The highest BCUT2D eigenvalue weighted by Crippen LogP contribution is 2.74. The maximum Gasteiger partial charge on any atom is 0.127 e. The predicted molar refractivity (Wildman–Crippen MR) is 136 cm³/mol. The molecule has 0 saturated heterocycles. The van der Waals surface area contributed by atoms with Gasteiger partial charge >= 0.3 is 0 Å². The van der Waals surface area contributed by atoms with Crippen LogP contribution in [-0.4, -0.2) is 39.4 Å². The van der Waals surface area contributed by atoms with Gasteiger partial charge in [0.05, 0.1) is 17.8 Å². The Bertz CT molecular complexity index is 866. The highest BCUT2D eigenvalue weighted by atomic mass is 16.3. The van der Waals surface area contributed by atoms with E-state index in [9.17, 15) is 20.1 Å². The molecule has 4 heteroatoms. The largest absolute Gasteiger partial charge is 0.392 e. The first-order chi connectivity index (χ1) is 15.6. The number of allylic oxidation sites excluding steroid dienone is 1. The summed E-state index contributed by atoms with van der Waals surface area (Å²) in [5.41, 5.74) is -0.705. The Morgan fingerprint density at radius 1 is 1.06 bits per heavy atom. The van der Waals surface area contributed by atoms with Crippen LogP contribution in [0.4, 0.5) is 0 Å². The zero-order valence-corrected chi connectivity index (χ0v) is 22.5. The summed E-state index contributed by atoms with van der Waals surface area (Å²) in [6.07, 6.45) is 12.7. The average Bonchev–Trinajstić information content (AvgIpc) is 3.01. The fourth-order valence-electron chi connectivity index (χ4n) is 9.29. The number of hydrogen-bond donors (Lipinski definition) is 3. The van der Waals surface area contributed by atoms with Crippen LogP contribution in [0.1, 0.15) is 93.4 Å². The van der Waals surface area contributed by atoms with Gasteiger partial charge in [0.2, 0.25) is 0 Å². The fraction of sp³-hybridized carbons (Fsp3) is 0.833. The SMILES string of the molecule is C[C@H](C/C=C/C(C)(C)O)C1CC[C@@]2(C)C3[C@@H](O)C=C4[C@@H](CC[C@H](O)C4(C)C)C3(C=O)CCC12C. The Hall–Kier alpha value is -0.970. The Kier molecular flexibility index (Phi) is 6.36. The highest BCUT2D eigenvalue weighted by Gasteiger charge is 2.70. The molecule has 4 unspecified atom stereocenters. The third-order valence-corrected chi connectivity index (χ3v) is 11.4. The summed E-state index contributed by atoms with van der Waals surface area (Å²) in [7, 11) is 0. The first kappa shape index (κ1) is 26.1. The Morgan fingerprint density at radius 3 is 2.35 bits per heavy atom. The number of rotatable bonds is 5. The lowest BCUT2D eigenvalue weighted by molar-refractivity contribution is -0.182. The summed E-state index contributed by atoms with van der Waals surface area (Å²) in [5.74, 6) is 1.03. The van der Waals surface area contributed by atoms with E-state index < -0.39 is 28.6 Å². The molecule has 0 aromatic rings. The van der Waals surface area contributed by atoms with Crippen LogP contribution in [0.3, 0.4) is 0 Å². The number of fused-ring (bicyclic) bond motifs is 5. The minimum Gasteiger partial charge on any atom is -0.392 e. The first-order valence-electron chi connectivity index (χ1n) is 13.6. The van der Waals surface area contributed by atoms with Gasteiger partial charge in [-0.1, -0.05) is 58.4 Å². The zero-order valence-electron chi connectivity index (χ0n) is 22.5. The maximum absolute atomic E-state index is 13.1. The molecule has 4 nitrogen and oxygen atoms in total. The van der Waals surface area contributed by atoms with Crippen molar-refractivity contribution in [3.8, 4) is 0 Å². The molecule has 3 fully saturated rings. The molecule has 9 atom stereocenters. The second-order valence-electron chi connectivity index (χ2n) is 13.9. The third-order valence-electron chi connectivity index (χ3n) is 11.4. The molecule has 192 valence electrons. The maximum atomic E-state index is 13.1. The molecule has 0 amide bonds. The van der Waals surface area contributed by atoms with Gasteiger partial charge < -0.3 is 20.1 Å². The molecule has 4 aliphatic carbocycles. The summed E-state index contributed by atoms with van der Waals surface area (Å²) in [6.45, 7) is 14.9. The number of aliphatic hydroxyl groups is 3. The molecule has 4 rings (SSSR count). The average molecular weight is 473 g/mol. The Balaban J connectivity index is 1.70. The Labute approximate surface area is 206 Å². The predicted octanol–water partition coefficient (Wildman–Crippen LogP) is 5.46. The van der Waals surface area contributed by atoms with Crippen molar-refractivity contribution in [2.24, 2.45) is 45.3 Å². The smallest absolute Gasteiger partial charge is 0.127 e. The molecule has 0 bridgehead atoms. The van der Waals surface area contributed by atoms with Crippen LogP contribution in [0.5, 0.6) is 0 Å². The molecule has 0 aromatic heterocycles. The second kappa shape index (κ2) is 8.28. The zero-order chi connectivity index (χ0) is 25.3. The van der Waals surface area contributed by atoms with Crippen LogP contribution in [0, 0.1) is 45.3 Å². The van der Waals surface area contributed by atoms with Crippen molar-refractivity contribution in [2.45, 2.75) is 111 Å². The van der Waals surface area contributed by atoms with Gasteiger partial charge in [-0.25, -0.2) is 0 Å². The Morgan fingerprint density at radius 2 is 1.74 bits per heavy atom. The molecule has 3 N–H and O–H groups in total. The van der Waals surface area contributed by atoms with E-state index in [-0.39, 0.29) is 22.7 Å². The monoisotopic (exact) mass is 472 g/mol. The van der Waals surface area contributed by atoms with Gasteiger partial charge in [-0.15, -0.1) is 0 Å². The highest BCUT2D eigenvalue weighted by molar-refractivity contribution is 5.65. The van der Waals surface area contributed by atoms with E-state index in [1.54, 1.807) is 13.8 Å². The minimum atomic E-state index is -0.792. The molecule has 0 aliphatic heterocycles. The molecular formula is C30H48O4. The molecular weight excluding hydrogens is 424 g/mol. The van der Waals surface area contributed by atoms with Crippen LogP contribution >= 0.6 is 0 Å². The molecule has 0 spiro atoms. The van der Waals surface area contributed by atoms with E-state index in [1.807, 2.05) is 12.2 Å². The van der Waals surface area contributed by atoms with Crippen molar-refractivity contribution in [2.75, 3.05) is 0 Å². The van der Waals surface area contributed by atoms with Crippen molar-refractivity contribution < 1.29 is 20.1 Å². The lowest BCUT2D eigenvalue weighted by Crippen LogP contribution is -2.64. The van der Waals surface area contributed by atoms with E-state index in [0.717, 1.165) is 44.1 Å². The molecule has 0 aromatic carbocycles. The number of carbonyl (C=O) groups is 1. The van der Waals surface area contributed by atoms with E-state index in [4.69, 9.17) is 0 Å². The first-order valence-corrected chi connectivity index (χ1v) is 13.6. The molecule has 0 radical (unpaired) electrons. The standard InChI is InChI=1S/C30H48O4/c1-19(9-8-13-26(2,3)34)20-12-14-29(7)25-23(32)17-22-21(10-11-24(33)27(22,4)5)30(25,18-31)16-15-28(20,29)6/h8,13,17-21,23-25,32-34H,9-12,14-16H2,1-7H3/b13-8+/t19-,20?,21-,23+,24+,25?,28?,29+,30?/m1/s1. The quantitative estimate of drug-likeness (QED) is 0.367. The van der Waals surface area contributed by atoms with Crippen LogP contribution in [-0.2, 0) is 4.79 Å². The van der Waals surface area contributed by atoms with Crippen LogP contribution in [0.2, 0.25) is 0 Å². The van der Waals surface area contributed by atoms with E-state index >= 15 is 0 Å². The second-order valence-corrected chi connectivity index (χ2v) is 13.9. The molecule has 3 saturated carbocycles. The van der Waals surface area contributed by atoms with Crippen molar-refractivity contribution in [1.29, 1.82) is 0 Å². The van der Waals surface area contributed by atoms with Crippen LogP contribution in [0.15, 0.2) is 23.8 Å². The summed E-state index contributed by atoms with van der Waals surface area (Å²) < 4.78 is 0. The number of aldehydes is 1. The fourth-order valence-corrected chi connectivity index (χ4v) is 9.29. The van der Waals surface area contributed by atoms with Crippen molar-refractivity contribution in [1.82, 2.24) is 0 Å². The van der Waals surface area contributed by atoms with Gasteiger partial charge in [0.25, 0.3) is 0 Å². The number of hydrogen-bond acceptors (Lipinski definition) is 4. The van der Waals surface area contributed by atoms with Crippen LogP contribution in [0.25, 0.3) is 0 Å². The normalized spacial score (nSPS) is 46.9. The lowest BCUT2D eigenvalue weighted by atomic mass is 9.38. The lowest BCUT2D eigenvalue weighted by Gasteiger charge is -2.66. The van der Waals surface area contributed by atoms with Gasteiger partial charge in [-0.2, -0.15) is 0 Å². The van der Waals surface area contributed by atoms with Crippen LogP contribution < -0.4 is 0 Å². The summed E-state index contributed by atoms with van der Waals surface area (Å²) in [5, 5.41) is 32.5. The molecule has 0 heterocycles. The summed E-state index contributed by atoms with van der Waals surface area (Å²) in [4.78, 5) is 13.1. The van der Waals surface area contributed by atoms with E-state index in [2.05, 4.69) is 40.7 Å². The van der Waals surface area contributed by atoms with E-state index in [0.29, 0.717) is 18.3 Å². The van der Waals surface area contributed by atoms with Crippen molar-refractivity contribution in [3.63, 3.8) is 0 Å². The van der Waals surface area contributed by atoms with Gasteiger partial charge in [0.15, 0.2) is 0 Å². The number of carbonyl (C=O) groups excluding carboxylic acids is 1. The van der Waals surface area contributed by atoms with Crippen molar-refractivity contribution >= 4 is 6.29 Å². The summed E-state index contributed by atoms with van der Waals surface area (Å²) in [6, 6.07) is 0. The summed E-state index contributed by atoms with van der Waals surface area (Å²) >= 11 is 0. The topological polar surface area (TPSA) is 77.8 Å². The van der Waals surface area contributed by atoms with E-state index in [1.165, 1.54) is 6.29 Å². The molecule has 34 heavy (non-hydrogen) atoms. The van der Waals surface area contributed by atoms with Crippen molar-refractivity contribution in [3.05, 3.63) is 23.8 Å². The number of aliphatic hydroxyl groups excluding tert-OH is 2. The van der Waals surface area contributed by atoms with Gasteiger partial charge in [0.1, 0.15) is 6.29 Å². The van der Waals surface area contributed by atoms with Gasteiger partial charge in [0, 0.05) is 16.7 Å². The minimum absolute atomic E-state index is 0.0577. The van der Waals surface area contributed by atoms with Gasteiger partial charge in [-0.3, -0.25) is 0 Å².